The van der Waals surface area contributed by atoms with Crippen molar-refractivity contribution in [3.8, 4) is 17.2 Å². The number of nitrogens with one attached hydrogen (secondary N) is 1. The summed E-state index contributed by atoms with van der Waals surface area (Å²) in [5, 5.41) is 3.13. The van der Waals surface area contributed by atoms with Crippen LogP contribution in [-0.2, 0) is 9.59 Å². The van der Waals surface area contributed by atoms with Gasteiger partial charge >= 0.3 is 0 Å². The van der Waals surface area contributed by atoms with Crippen molar-refractivity contribution < 1.29 is 23.8 Å². The second kappa shape index (κ2) is 8.90. The predicted molar refractivity (Wildman–Crippen MR) is 115 cm³/mol. The molecule has 158 valence electrons. The molecule has 0 unspecified atom stereocenters. The molecule has 0 radical (unpaired) electrons. The van der Waals surface area contributed by atoms with E-state index in [9.17, 15) is 9.59 Å². The van der Waals surface area contributed by atoms with E-state index in [0.717, 1.165) is 0 Å². The Labute approximate surface area is 176 Å². The summed E-state index contributed by atoms with van der Waals surface area (Å²) < 4.78 is 16.1. The predicted octanol–water partition coefficient (Wildman–Crippen LogP) is 3.56. The molecular weight excluding hydrogens is 384 g/mol. The Morgan fingerprint density at radius 3 is 2.17 bits per heavy atom. The van der Waals surface area contributed by atoms with Gasteiger partial charge in [0.25, 0.3) is 11.8 Å². The molecule has 7 heteroatoms. The van der Waals surface area contributed by atoms with Crippen molar-refractivity contribution in [3.63, 3.8) is 0 Å². The molecule has 30 heavy (non-hydrogen) atoms. The summed E-state index contributed by atoms with van der Waals surface area (Å²) in [4.78, 5) is 27.7. The Balaban J connectivity index is 2.11. The Hall–Kier alpha value is -3.48. The van der Waals surface area contributed by atoms with E-state index in [1.165, 1.54) is 19.1 Å². The number of para-hydroxylation sites is 1. The number of rotatable bonds is 8. The topological polar surface area (TPSA) is 77.1 Å². The lowest BCUT2D eigenvalue weighted by molar-refractivity contribution is -0.137. The molecule has 7 nitrogen and oxygen atoms in total. The highest BCUT2D eigenvalue weighted by Gasteiger charge is 2.40. The maximum Gasteiger partial charge on any atom is 0.278 e. The summed E-state index contributed by atoms with van der Waals surface area (Å²) in [7, 11) is 4.62. The summed E-state index contributed by atoms with van der Waals surface area (Å²) in [6, 6.07) is 12.4. The first-order valence-electron chi connectivity index (χ1n) is 9.64. The number of carbonyl (C=O) groups excluding carboxylic acids is 2. The first-order chi connectivity index (χ1) is 14.4. The zero-order valence-electron chi connectivity index (χ0n) is 17.8. The zero-order valence-corrected chi connectivity index (χ0v) is 17.8. The van der Waals surface area contributed by atoms with Crippen LogP contribution in [0.15, 0.2) is 48.2 Å². The van der Waals surface area contributed by atoms with Gasteiger partial charge in [0.2, 0.25) is 0 Å². The van der Waals surface area contributed by atoms with Gasteiger partial charge in [-0.15, -0.1) is 0 Å². The number of nitrogens with zero attached hydrogens (tertiary/aromatic N) is 1. The Kier molecular flexibility index (Phi) is 6.30. The fourth-order valence-corrected chi connectivity index (χ4v) is 3.38. The molecule has 0 saturated carbocycles. The summed E-state index contributed by atoms with van der Waals surface area (Å²) in [5.41, 5.74) is 1.65. The van der Waals surface area contributed by atoms with E-state index < -0.39 is 0 Å². The molecule has 0 bridgehead atoms. The average Bonchev–Trinajstić information content (AvgIpc) is 2.97. The number of imide groups is 1. The van der Waals surface area contributed by atoms with E-state index in [2.05, 4.69) is 5.32 Å². The van der Waals surface area contributed by atoms with Crippen molar-refractivity contribution in [1.82, 2.24) is 4.90 Å². The Bertz CT molecular complexity index is 997. The van der Waals surface area contributed by atoms with Gasteiger partial charge in [0.05, 0.1) is 26.9 Å². The molecule has 0 spiro atoms. The first kappa shape index (κ1) is 21.2. The van der Waals surface area contributed by atoms with Gasteiger partial charge in [-0.3, -0.25) is 14.5 Å². The fourth-order valence-electron chi connectivity index (χ4n) is 3.38. The summed E-state index contributed by atoms with van der Waals surface area (Å²) in [6.07, 6.45) is 0. The number of carbonyl (C=O) groups is 2. The highest BCUT2D eigenvalue weighted by molar-refractivity contribution is 6.37. The molecule has 1 aliphatic heterocycles. The average molecular weight is 410 g/mol. The number of hydrogen-bond donors (Lipinski definition) is 1. The van der Waals surface area contributed by atoms with Gasteiger partial charge in [-0.1, -0.05) is 32.0 Å². The summed E-state index contributed by atoms with van der Waals surface area (Å²) in [5.74, 6) is 1.02. The lowest BCUT2D eigenvalue weighted by atomic mass is 10.0. The minimum Gasteiger partial charge on any atom is -0.496 e. The van der Waals surface area contributed by atoms with Gasteiger partial charge in [-0.2, -0.15) is 0 Å². The Morgan fingerprint density at radius 2 is 1.53 bits per heavy atom. The molecule has 0 atom stereocenters. The van der Waals surface area contributed by atoms with Crippen LogP contribution in [0.4, 0.5) is 5.69 Å². The third kappa shape index (κ3) is 3.96. The first-order valence-corrected chi connectivity index (χ1v) is 9.64. The van der Waals surface area contributed by atoms with Crippen LogP contribution in [-0.4, -0.2) is 44.6 Å². The van der Waals surface area contributed by atoms with E-state index in [-0.39, 0.29) is 29.0 Å². The molecule has 3 rings (SSSR count). The standard InChI is InChI=1S/C23H26N2O5/c1-14(2)13-25-22(26)20(16-8-6-7-9-17(16)28-3)21(23(25)27)24-15-10-11-18(29-4)19(12-15)30-5/h6-12,14,24H,13H2,1-5H3. The lowest BCUT2D eigenvalue weighted by Gasteiger charge is -2.17. The third-order valence-electron chi connectivity index (χ3n) is 4.74. The van der Waals surface area contributed by atoms with Gasteiger partial charge in [0.15, 0.2) is 11.5 Å². The normalized spacial score (nSPS) is 13.9. The number of hydrogen-bond acceptors (Lipinski definition) is 6. The van der Waals surface area contributed by atoms with Crippen molar-refractivity contribution in [2.75, 3.05) is 33.2 Å². The smallest absolute Gasteiger partial charge is 0.278 e. The second-order valence-corrected chi connectivity index (χ2v) is 7.26. The van der Waals surface area contributed by atoms with Crippen LogP contribution in [0.1, 0.15) is 19.4 Å². The molecule has 2 amide bonds. The van der Waals surface area contributed by atoms with Gasteiger partial charge < -0.3 is 19.5 Å². The maximum atomic E-state index is 13.3. The molecule has 0 aromatic heterocycles. The number of methoxy groups -OCH3 is 3. The van der Waals surface area contributed by atoms with Gasteiger partial charge in [0.1, 0.15) is 11.4 Å². The van der Waals surface area contributed by atoms with Crippen molar-refractivity contribution in [2.45, 2.75) is 13.8 Å². The molecule has 0 saturated heterocycles. The molecule has 2 aromatic carbocycles. The van der Waals surface area contributed by atoms with Gasteiger partial charge in [0, 0.05) is 23.9 Å². The molecule has 0 fully saturated rings. The molecular formula is C23H26N2O5. The van der Waals surface area contributed by atoms with Crippen LogP contribution in [0.25, 0.3) is 5.57 Å². The monoisotopic (exact) mass is 410 g/mol. The SMILES string of the molecule is COc1ccc(NC2=C(c3ccccc3OC)C(=O)N(CC(C)C)C2=O)cc1OC. The lowest BCUT2D eigenvalue weighted by Crippen LogP contribution is -2.35. The number of ether oxygens (including phenoxy) is 3. The second-order valence-electron chi connectivity index (χ2n) is 7.26. The molecule has 1 aliphatic rings. The van der Waals surface area contributed by atoms with Crippen molar-refractivity contribution in [2.24, 2.45) is 5.92 Å². The van der Waals surface area contributed by atoms with Gasteiger partial charge in [-0.05, 0) is 24.1 Å². The summed E-state index contributed by atoms with van der Waals surface area (Å²) in [6.45, 7) is 4.25. The number of amides is 2. The van der Waals surface area contributed by atoms with E-state index in [1.54, 1.807) is 37.4 Å². The Morgan fingerprint density at radius 1 is 0.867 bits per heavy atom. The zero-order chi connectivity index (χ0) is 21.8. The van der Waals surface area contributed by atoms with E-state index >= 15 is 0 Å². The quantitative estimate of drug-likeness (QED) is 0.671. The fraction of sp³-hybridized carbons (Fsp3) is 0.304. The van der Waals surface area contributed by atoms with Crippen molar-refractivity contribution in [1.29, 1.82) is 0 Å². The van der Waals surface area contributed by atoms with Crippen LogP contribution < -0.4 is 19.5 Å². The largest absolute Gasteiger partial charge is 0.496 e. The third-order valence-corrected chi connectivity index (χ3v) is 4.74. The molecule has 2 aromatic rings. The molecule has 0 aliphatic carbocycles. The van der Waals surface area contributed by atoms with Crippen LogP contribution in [0.3, 0.4) is 0 Å². The number of benzene rings is 2. The number of anilines is 1. The van der Waals surface area contributed by atoms with Gasteiger partial charge in [-0.25, -0.2) is 0 Å². The maximum absolute atomic E-state index is 13.3. The molecule has 1 N–H and O–H groups in total. The van der Waals surface area contributed by atoms with Crippen LogP contribution in [0, 0.1) is 5.92 Å². The van der Waals surface area contributed by atoms with E-state index in [1.807, 2.05) is 26.0 Å². The molecule has 1 heterocycles. The highest BCUT2D eigenvalue weighted by Crippen LogP contribution is 2.37. The van der Waals surface area contributed by atoms with Crippen LogP contribution >= 0.6 is 0 Å². The van der Waals surface area contributed by atoms with Crippen LogP contribution in [0.5, 0.6) is 17.2 Å². The minimum atomic E-state index is -0.371. The van der Waals surface area contributed by atoms with E-state index in [4.69, 9.17) is 14.2 Å². The van der Waals surface area contributed by atoms with E-state index in [0.29, 0.717) is 35.0 Å². The van der Waals surface area contributed by atoms with Crippen molar-refractivity contribution >= 4 is 23.1 Å². The van der Waals surface area contributed by atoms with Crippen LogP contribution in [0.2, 0.25) is 0 Å². The minimum absolute atomic E-state index is 0.136. The van der Waals surface area contributed by atoms with Crippen molar-refractivity contribution in [3.05, 3.63) is 53.7 Å². The summed E-state index contributed by atoms with van der Waals surface area (Å²) >= 11 is 0. The highest BCUT2D eigenvalue weighted by atomic mass is 16.5.